The second kappa shape index (κ2) is 4.88. The van der Waals surface area contributed by atoms with Gasteiger partial charge in [-0.1, -0.05) is 0 Å². The molecule has 0 aromatic carbocycles. The molecular weight excluding hydrogens is 254 g/mol. The second-order valence-corrected chi connectivity index (χ2v) is 3.77. The van der Waals surface area contributed by atoms with Crippen LogP contribution in [-0.2, 0) is 13.1 Å². The second-order valence-electron chi connectivity index (χ2n) is 3.77. The number of hydrogen-bond donors (Lipinski definition) is 2. The van der Waals surface area contributed by atoms with Crippen LogP contribution < -0.4 is 11.2 Å². The third kappa shape index (κ3) is 2.44. The summed E-state index contributed by atoms with van der Waals surface area (Å²) in [5.41, 5.74) is -2.12. The van der Waals surface area contributed by atoms with Crippen molar-refractivity contribution in [2.24, 2.45) is 0 Å². The molecular formula is C10H11N5O4. The summed E-state index contributed by atoms with van der Waals surface area (Å²) in [6.45, 7) is 2.53. The van der Waals surface area contributed by atoms with E-state index >= 15 is 0 Å². The highest BCUT2D eigenvalue weighted by molar-refractivity contribution is 5.86. The van der Waals surface area contributed by atoms with Crippen molar-refractivity contribution in [2.75, 3.05) is 0 Å². The Morgan fingerprint density at radius 2 is 2.16 bits per heavy atom. The van der Waals surface area contributed by atoms with Gasteiger partial charge in [-0.2, -0.15) is 0 Å². The quantitative estimate of drug-likeness (QED) is 0.723. The number of carbonyl (C=O) groups is 1. The average Bonchev–Trinajstić information content (AvgIpc) is 2.79. The lowest BCUT2D eigenvalue weighted by Crippen LogP contribution is -2.34. The number of aromatic amines is 1. The summed E-state index contributed by atoms with van der Waals surface area (Å²) >= 11 is 0. The largest absolute Gasteiger partial charge is 0.477 e. The van der Waals surface area contributed by atoms with Crippen LogP contribution in [0.25, 0.3) is 0 Å². The summed E-state index contributed by atoms with van der Waals surface area (Å²) in [6, 6.07) is 0. The van der Waals surface area contributed by atoms with Crippen LogP contribution in [0.2, 0.25) is 0 Å². The van der Waals surface area contributed by atoms with Crippen molar-refractivity contribution in [1.29, 1.82) is 0 Å². The molecule has 0 fully saturated rings. The fourth-order valence-corrected chi connectivity index (χ4v) is 1.60. The lowest BCUT2D eigenvalue weighted by Gasteiger charge is -2.06. The maximum Gasteiger partial charge on any atom is 0.342 e. The van der Waals surface area contributed by atoms with Gasteiger partial charge in [0.15, 0.2) is 5.82 Å². The molecule has 0 aliphatic rings. The van der Waals surface area contributed by atoms with Crippen LogP contribution >= 0.6 is 0 Å². The van der Waals surface area contributed by atoms with Crippen molar-refractivity contribution >= 4 is 5.97 Å². The maximum absolute atomic E-state index is 11.6. The predicted octanol–water partition coefficient (Wildman–Crippen LogP) is -1.11. The molecule has 0 aliphatic carbocycles. The van der Waals surface area contributed by atoms with E-state index in [1.807, 2.05) is 11.9 Å². The Morgan fingerprint density at radius 3 is 2.79 bits per heavy atom. The van der Waals surface area contributed by atoms with Gasteiger partial charge in [0.05, 0.1) is 6.54 Å². The summed E-state index contributed by atoms with van der Waals surface area (Å²) < 4.78 is 2.78. The highest BCUT2D eigenvalue weighted by Crippen LogP contribution is 1.98. The number of aromatic carboxylic acids is 1. The molecule has 9 nitrogen and oxygen atoms in total. The van der Waals surface area contributed by atoms with E-state index in [1.165, 1.54) is 6.33 Å². The van der Waals surface area contributed by atoms with Gasteiger partial charge in [-0.3, -0.25) is 14.3 Å². The normalized spacial score (nSPS) is 10.6. The lowest BCUT2D eigenvalue weighted by atomic mass is 10.3. The number of nitrogens with one attached hydrogen (secondary N) is 1. The Balaban J connectivity index is 2.46. The fraction of sp³-hybridized carbons (Fsp3) is 0.300. The molecule has 19 heavy (non-hydrogen) atoms. The van der Waals surface area contributed by atoms with E-state index in [1.54, 1.807) is 4.57 Å². The van der Waals surface area contributed by atoms with E-state index in [9.17, 15) is 14.4 Å². The molecule has 100 valence electrons. The summed E-state index contributed by atoms with van der Waals surface area (Å²) in [7, 11) is 0. The Hall–Kier alpha value is -2.71. The molecule has 0 saturated heterocycles. The summed E-state index contributed by atoms with van der Waals surface area (Å²) in [5, 5.41) is 16.4. The first-order valence-corrected chi connectivity index (χ1v) is 5.46. The number of carboxylic acids is 1. The number of rotatable bonds is 4. The SMILES string of the molecule is CCn1cnnc1Cn1cc(C(=O)O)c(=O)[nH]c1=O. The van der Waals surface area contributed by atoms with Gasteiger partial charge in [0.25, 0.3) is 5.56 Å². The smallest absolute Gasteiger partial charge is 0.342 e. The van der Waals surface area contributed by atoms with Crippen molar-refractivity contribution in [3.63, 3.8) is 0 Å². The number of carboxylic acid groups (broad SMARTS) is 1. The molecule has 2 heterocycles. The molecule has 0 unspecified atom stereocenters. The topological polar surface area (TPSA) is 123 Å². The third-order valence-corrected chi connectivity index (χ3v) is 2.59. The first kappa shape index (κ1) is 12.7. The molecule has 9 heteroatoms. The Labute approximate surface area is 106 Å². The van der Waals surface area contributed by atoms with Gasteiger partial charge in [0, 0.05) is 12.7 Å². The zero-order valence-electron chi connectivity index (χ0n) is 10.0. The molecule has 0 radical (unpaired) electrons. The molecule has 0 atom stereocenters. The van der Waals surface area contributed by atoms with E-state index in [2.05, 4.69) is 10.2 Å². The number of aromatic nitrogens is 5. The Bertz CT molecular complexity index is 726. The molecule has 2 aromatic rings. The van der Waals surface area contributed by atoms with E-state index in [4.69, 9.17) is 5.11 Å². The first-order chi connectivity index (χ1) is 9.02. The van der Waals surface area contributed by atoms with Crippen molar-refractivity contribution in [1.82, 2.24) is 24.3 Å². The molecule has 2 rings (SSSR count). The van der Waals surface area contributed by atoms with Crippen LogP contribution in [0.5, 0.6) is 0 Å². The highest BCUT2D eigenvalue weighted by atomic mass is 16.4. The summed E-state index contributed by atoms with van der Waals surface area (Å²) in [5.74, 6) is -0.903. The summed E-state index contributed by atoms with van der Waals surface area (Å²) in [6.07, 6.45) is 2.50. The number of H-pyrrole nitrogens is 1. The lowest BCUT2D eigenvalue weighted by molar-refractivity contribution is 0.0693. The van der Waals surface area contributed by atoms with E-state index in [-0.39, 0.29) is 6.54 Å². The van der Waals surface area contributed by atoms with Crippen molar-refractivity contribution in [2.45, 2.75) is 20.0 Å². The first-order valence-electron chi connectivity index (χ1n) is 5.46. The van der Waals surface area contributed by atoms with Crippen LogP contribution in [0.4, 0.5) is 0 Å². The van der Waals surface area contributed by atoms with Crippen LogP contribution in [-0.4, -0.2) is 35.4 Å². The standard InChI is InChI=1S/C10H11N5O4/c1-2-14-5-11-13-7(14)4-15-3-6(9(17)18)8(16)12-10(15)19/h3,5H,2,4H2,1H3,(H,17,18)(H,12,16,19). The van der Waals surface area contributed by atoms with Gasteiger partial charge in [0.1, 0.15) is 11.9 Å². The van der Waals surface area contributed by atoms with Crippen LogP contribution in [0.1, 0.15) is 23.1 Å². The minimum Gasteiger partial charge on any atom is -0.477 e. The van der Waals surface area contributed by atoms with Crippen LogP contribution in [0, 0.1) is 0 Å². The van der Waals surface area contributed by atoms with Crippen molar-refractivity contribution in [3.05, 3.63) is 44.8 Å². The fourth-order valence-electron chi connectivity index (χ4n) is 1.60. The van der Waals surface area contributed by atoms with E-state index in [0.717, 1.165) is 10.8 Å². The van der Waals surface area contributed by atoms with Gasteiger partial charge < -0.3 is 9.67 Å². The Kier molecular flexibility index (Phi) is 3.27. The van der Waals surface area contributed by atoms with E-state index in [0.29, 0.717) is 12.4 Å². The average molecular weight is 265 g/mol. The van der Waals surface area contributed by atoms with Crippen LogP contribution in [0.15, 0.2) is 22.1 Å². The van der Waals surface area contributed by atoms with Gasteiger partial charge in [-0.05, 0) is 6.92 Å². The third-order valence-electron chi connectivity index (χ3n) is 2.59. The van der Waals surface area contributed by atoms with Gasteiger partial charge in [-0.15, -0.1) is 10.2 Å². The summed E-state index contributed by atoms with van der Waals surface area (Å²) in [4.78, 5) is 35.7. The monoisotopic (exact) mass is 265 g/mol. The zero-order valence-corrected chi connectivity index (χ0v) is 10.0. The molecule has 0 spiro atoms. The minimum atomic E-state index is -1.40. The molecule has 0 saturated carbocycles. The van der Waals surface area contributed by atoms with Gasteiger partial charge in [-0.25, -0.2) is 9.59 Å². The molecule has 0 aliphatic heterocycles. The highest BCUT2D eigenvalue weighted by Gasteiger charge is 2.13. The maximum atomic E-state index is 11.6. The molecule has 2 aromatic heterocycles. The molecule has 0 amide bonds. The molecule has 0 bridgehead atoms. The number of hydrogen-bond acceptors (Lipinski definition) is 5. The number of nitrogens with zero attached hydrogens (tertiary/aromatic N) is 4. The number of aryl methyl sites for hydroxylation is 1. The van der Waals surface area contributed by atoms with E-state index < -0.39 is 22.8 Å². The zero-order chi connectivity index (χ0) is 14.0. The van der Waals surface area contributed by atoms with Crippen molar-refractivity contribution < 1.29 is 9.90 Å². The van der Waals surface area contributed by atoms with Gasteiger partial charge >= 0.3 is 11.7 Å². The van der Waals surface area contributed by atoms with Gasteiger partial charge in [0.2, 0.25) is 0 Å². The minimum absolute atomic E-state index is 0.0315. The van der Waals surface area contributed by atoms with Crippen molar-refractivity contribution in [3.8, 4) is 0 Å². The predicted molar refractivity (Wildman–Crippen MR) is 63.1 cm³/mol. The molecule has 2 N–H and O–H groups in total. The van der Waals surface area contributed by atoms with Crippen LogP contribution in [0.3, 0.4) is 0 Å². The Morgan fingerprint density at radius 1 is 1.42 bits per heavy atom.